The molecule has 298 valence electrons. The largest absolute Gasteiger partial charge is 0.497 e. The van der Waals surface area contributed by atoms with Gasteiger partial charge in [-0.1, -0.05) is 38.1 Å². The number of aryl methyl sites for hydroxylation is 1. The number of amides is 5. The zero-order valence-electron chi connectivity index (χ0n) is 32.5. The molecule has 1 aliphatic carbocycles. The summed E-state index contributed by atoms with van der Waals surface area (Å²) >= 11 is 1.39. The molecular weight excluding hydrogens is 735 g/mol. The van der Waals surface area contributed by atoms with Crippen molar-refractivity contribution in [3.63, 3.8) is 0 Å². The molecular formula is C41H51N7O7S. The van der Waals surface area contributed by atoms with E-state index in [1.54, 1.807) is 68.0 Å². The number of thiazole rings is 1. The smallest absolute Gasteiger partial charge is 0.270 e. The first-order chi connectivity index (χ1) is 26.9. The number of imidazole rings is 1. The summed E-state index contributed by atoms with van der Waals surface area (Å²) in [6, 6.07) is 10.8. The number of carbonyl (C=O) groups is 5. The average Bonchev–Trinajstić information content (AvgIpc) is 3.78. The van der Waals surface area contributed by atoms with Crippen molar-refractivity contribution in [1.82, 2.24) is 35.6 Å². The molecule has 4 N–H and O–H groups in total. The van der Waals surface area contributed by atoms with Crippen LogP contribution >= 0.6 is 11.3 Å². The zero-order chi connectivity index (χ0) is 39.9. The van der Waals surface area contributed by atoms with Crippen molar-refractivity contribution >= 4 is 45.8 Å². The third-order valence-corrected chi connectivity index (χ3v) is 10.7. The third-order valence-electron chi connectivity index (χ3n) is 9.99. The highest BCUT2D eigenvalue weighted by atomic mass is 32.1. The Kier molecular flexibility index (Phi) is 12.9. The van der Waals surface area contributed by atoms with Gasteiger partial charge in [0.15, 0.2) is 4.96 Å². The number of nitrogens with one attached hydrogen (secondary N) is 4. The van der Waals surface area contributed by atoms with Crippen LogP contribution in [0.5, 0.6) is 11.5 Å². The van der Waals surface area contributed by atoms with Crippen LogP contribution in [0.3, 0.4) is 0 Å². The summed E-state index contributed by atoms with van der Waals surface area (Å²) in [6.07, 6.45) is 4.51. The Morgan fingerprint density at radius 3 is 2.43 bits per heavy atom. The van der Waals surface area contributed by atoms with Crippen molar-refractivity contribution in [3.05, 3.63) is 82.6 Å². The molecule has 56 heavy (non-hydrogen) atoms. The molecule has 15 heteroatoms. The highest BCUT2D eigenvalue weighted by molar-refractivity contribution is 7.15. The van der Waals surface area contributed by atoms with Gasteiger partial charge in [-0.25, -0.2) is 4.98 Å². The Balaban J connectivity index is 1.33. The molecule has 4 heterocycles. The van der Waals surface area contributed by atoms with Gasteiger partial charge in [-0.15, -0.1) is 11.3 Å². The van der Waals surface area contributed by atoms with Crippen molar-refractivity contribution < 1.29 is 33.4 Å². The van der Waals surface area contributed by atoms with Crippen LogP contribution in [-0.2, 0) is 32.0 Å². The van der Waals surface area contributed by atoms with Crippen molar-refractivity contribution in [3.8, 4) is 11.5 Å². The van der Waals surface area contributed by atoms with Gasteiger partial charge in [0.25, 0.3) is 5.91 Å². The van der Waals surface area contributed by atoms with Crippen molar-refractivity contribution in [2.75, 3.05) is 26.8 Å². The second kappa shape index (κ2) is 18.0. The molecule has 3 aliphatic rings. The maximum Gasteiger partial charge on any atom is 0.270 e. The fourth-order valence-electron chi connectivity index (χ4n) is 6.92. The first-order valence-electron chi connectivity index (χ1n) is 19.1. The van der Waals surface area contributed by atoms with Crippen LogP contribution < -0.4 is 30.7 Å². The quantitative estimate of drug-likeness (QED) is 0.187. The lowest BCUT2D eigenvalue weighted by Crippen LogP contribution is -2.58. The molecule has 0 spiro atoms. The summed E-state index contributed by atoms with van der Waals surface area (Å²) in [5, 5.41) is 13.5. The summed E-state index contributed by atoms with van der Waals surface area (Å²) in [5.41, 5.74) is 2.29. The van der Waals surface area contributed by atoms with E-state index >= 15 is 0 Å². The predicted octanol–water partition coefficient (Wildman–Crippen LogP) is 3.45. The Bertz CT molecular complexity index is 2020. The van der Waals surface area contributed by atoms with Crippen molar-refractivity contribution in [2.24, 2.45) is 11.8 Å². The Morgan fingerprint density at radius 1 is 1.02 bits per heavy atom. The van der Waals surface area contributed by atoms with E-state index in [1.165, 1.54) is 16.2 Å². The summed E-state index contributed by atoms with van der Waals surface area (Å²) in [6.45, 7) is 7.89. The molecule has 1 fully saturated rings. The normalized spacial score (nSPS) is 21.6. The van der Waals surface area contributed by atoms with Gasteiger partial charge in [-0.2, -0.15) is 0 Å². The molecule has 4 aromatic rings. The standard InChI is InChI=1S/C41H51N7O7S/c1-24(2)18-30-23-55-32-14-10-28(11-15-32)20-34(46-39(52)36-25(3)43-41-48(36)16-17-56-41)38(51)45-33(19-27-8-12-31(54-5)13-9-27)37(50)42-26(4)40(53)47(21-29-6-7-29)22-35(49)44-30/h8-17,24,26,29-30,33-34H,6-7,18-23H2,1-5H3,(H,42,50)(H,44,49)(H,45,51)(H,46,52)/t26-,30+,33+,34+/m1/s1. The van der Waals surface area contributed by atoms with Gasteiger partial charge in [0.2, 0.25) is 23.6 Å². The van der Waals surface area contributed by atoms with E-state index in [1.807, 2.05) is 17.5 Å². The van der Waals surface area contributed by atoms with E-state index in [9.17, 15) is 24.0 Å². The highest BCUT2D eigenvalue weighted by Crippen LogP contribution is 2.30. The number of benzene rings is 2. The Labute approximate surface area is 330 Å². The number of ether oxygens (including phenoxy) is 2. The second-order valence-electron chi connectivity index (χ2n) is 15.2. The zero-order valence-corrected chi connectivity index (χ0v) is 33.3. The molecule has 2 bridgehead atoms. The SMILES string of the molecule is COc1ccc(C[C@@H]2NC(=O)[C@@H](NC(=O)c3c(C)nc4sccn34)Cc3ccc(cc3)OC[C@H](CC(C)C)NC(=O)CN(CC3CC3)C(=O)[C@@H](C)NC2=O)cc1. The molecule has 14 nitrogen and oxygen atoms in total. The van der Waals surface area contributed by atoms with Crippen molar-refractivity contribution in [1.29, 1.82) is 0 Å². The van der Waals surface area contributed by atoms with Gasteiger partial charge in [0.1, 0.15) is 41.9 Å². The van der Waals surface area contributed by atoms with Crippen LogP contribution in [0.1, 0.15) is 67.3 Å². The lowest BCUT2D eigenvalue weighted by Gasteiger charge is -2.29. The molecule has 0 saturated heterocycles. The first kappa shape index (κ1) is 40.2. The predicted molar refractivity (Wildman–Crippen MR) is 212 cm³/mol. The monoisotopic (exact) mass is 785 g/mol. The van der Waals surface area contributed by atoms with Crippen LogP contribution in [0.4, 0.5) is 0 Å². The number of nitrogens with zero attached hydrogens (tertiary/aromatic N) is 3. The minimum absolute atomic E-state index is 0.0812. The molecule has 5 amide bonds. The van der Waals surface area contributed by atoms with Crippen LogP contribution in [0.15, 0.2) is 60.1 Å². The van der Waals surface area contributed by atoms with Crippen LogP contribution in [-0.4, -0.2) is 94.8 Å². The summed E-state index contributed by atoms with van der Waals surface area (Å²) in [4.78, 5) is 76.4. The molecule has 0 unspecified atom stereocenters. The summed E-state index contributed by atoms with van der Waals surface area (Å²) in [7, 11) is 1.56. The van der Waals surface area contributed by atoms with Gasteiger partial charge in [0, 0.05) is 31.0 Å². The number of fused-ring (bicyclic) bond motifs is 18. The van der Waals surface area contributed by atoms with Gasteiger partial charge in [-0.3, -0.25) is 28.4 Å². The van der Waals surface area contributed by atoms with Crippen LogP contribution in [0.25, 0.3) is 4.96 Å². The van der Waals surface area contributed by atoms with E-state index in [0.29, 0.717) is 40.8 Å². The second-order valence-corrected chi connectivity index (χ2v) is 16.1. The van der Waals surface area contributed by atoms with E-state index in [0.717, 1.165) is 24.0 Å². The number of methoxy groups -OCH3 is 1. The average molecular weight is 786 g/mol. The van der Waals surface area contributed by atoms with E-state index < -0.39 is 41.8 Å². The lowest BCUT2D eigenvalue weighted by atomic mass is 10.0. The molecule has 2 aromatic carbocycles. The summed E-state index contributed by atoms with van der Waals surface area (Å²) < 4.78 is 13.1. The number of rotatable bonds is 9. The minimum atomic E-state index is -1.14. The number of hydrogen-bond donors (Lipinski definition) is 4. The third kappa shape index (κ3) is 10.4. The molecule has 2 aliphatic heterocycles. The van der Waals surface area contributed by atoms with Crippen LogP contribution in [0.2, 0.25) is 0 Å². The van der Waals surface area contributed by atoms with Crippen molar-refractivity contribution in [2.45, 2.75) is 84.0 Å². The number of aromatic nitrogens is 2. The summed E-state index contributed by atoms with van der Waals surface area (Å²) in [5.74, 6) is -0.627. The Morgan fingerprint density at radius 2 is 1.75 bits per heavy atom. The van der Waals surface area contributed by atoms with Gasteiger partial charge < -0.3 is 35.6 Å². The molecule has 2 aromatic heterocycles. The molecule has 1 saturated carbocycles. The first-order valence-corrected chi connectivity index (χ1v) is 20.0. The lowest BCUT2D eigenvalue weighted by molar-refractivity contribution is -0.140. The maximum absolute atomic E-state index is 14.3. The number of hydrogen-bond acceptors (Lipinski definition) is 9. The maximum atomic E-state index is 14.3. The number of carbonyl (C=O) groups excluding carboxylic acids is 5. The van der Waals surface area contributed by atoms with Gasteiger partial charge in [-0.05, 0) is 80.3 Å². The van der Waals surface area contributed by atoms with E-state index in [2.05, 4.69) is 40.1 Å². The topological polar surface area (TPSA) is 172 Å². The van der Waals surface area contributed by atoms with Gasteiger partial charge >= 0.3 is 0 Å². The van der Waals surface area contributed by atoms with E-state index in [-0.39, 0.29) is 49.8 Å². The minimum Gasteiger partial charge on any atom is -0.497 e. The Hall–Kier alpha value is -5.44. The van der Waals surface area contributed by atoms with Gasteiger partial charge in [0.05, 0.1) is 25.4 Å². The molecule has 4 atom stereocenters. The van der Waals surface area contributed by atoms with E-state index in [4.69, 9.17) is 9.47 Å². The fourth-order valence-corrected chi connectivity index (χ4v) is 7.67. The highest BCUT2D eigenvalue weighted by Gasteiger charge is 2.34. The van der Waals surface area contributed by atoms with Crippen LogP contribution in [0, 0.1) is 18.8 Å². The molecule has 0 radical (unpaired) electrons. The molecule has 7 rings (SSSR count). The fraction of sp³-hybridized carbons (Fsp3) is 0.463.